The number of ether oxygens (including phenoxy) is 3. The van der Waals surface area contributed by atoms with Gasteiger partial charge in [0, 0.05) is 25.7 Å². The molecule has 1 atom stereocenters. The minimum Gasteiger partial charge on any atom is -0.490 e. The lowest BCUT2D eigenvalue weighted by Gasteiger charge is -2.25. The van der Waals surface area contributed by atoms with Crippen LogP contribution in [-0.4, -0.2) is 42.8 Å². The molecule has 41 heavy (non-hydrogen) atoms. The molecule has 3 aromatic rings. The van der Waals surface area contributed by atoms with E-state index >= 15 is 0 Å². The van der Waals surface area contributed by atoms with E-state index in [4.69, 9.17) is 14.2 Å². The summed E-state index contributed by atoms with van der Waals surface area (Å²) in [5, 5.41) is 0. The van der Waals surface area contributed by atoms with E-state index < -0.39 is 18.0 Å². The maximum Gasteiger partial charge on any atom is 0.338 e. The molecule has 4 rings (SSSR count). The zero-order valence-corrected chi connectivity index (χ0v) is 25.0. The highest BCUT2D eigenvalue weighted by Gasteiger charge is 2.34. The van der Waals surface area contributed by atoms with Crippen LogP contribution in [0.4, 0.5) is 5.69 Å². The van der Waals surface area contributed by atoms with Crippen molar-refractivity contribution in [2.75, 3.05) is 31.2 Å². The van der Waals surface area contributed by atoms with E-state index in [1.807, 2.05) is 37.3 Å². The molecule has 0 saturated carbocycles. The first-order chi connectivity index (χ1) is 19.7. The molecule has 0 radical (unpaired) electrons. The Morgan fingerprint density at radius 3 is 2.34 bits per heavy atom. The van der Waals surface area contributed by atoms with Gasteiger partial charge >= 0.3 is 11.9 Å². The fourth-order valence-electron chi connectivity index (χ4n) is 4.83. The topological polar surface area (TPSA) is 99.4 Å². The Bertz CT molecular complexity index is 1650. The zero-order chi connectivity index (χ0) is 29.7. The van der Waals surface area contributed by atoms with Crippen molar-refractivity contribution in [3.63, 3.8) is 0 Å². The normalized spacial score (nSPS) is 14.8. The van der Waals surface area contributed by atoms with Crippen molar-refractivity contribution in [2.24, 2.45) is 4.99 Å². The Morgan fingerprint density at radius 2 is 1.73 bits per heavy atom. The molecule has 0 saturated heterocycles. The molecule has 1 aromatic heterocycles. The first-order valence-corrected chi connectivity index (χ1v) is 14.5. The summed E-state index contributed by atoms with van der Waals surface area (Å²) in [6.45, 7) is 13.1. The predicted molar refractivity (Wildman–Crippen MR) is 159 cm³/mol. The third-order valence-corrected chi connectivity index (χ3v) is 7.66. The molecular formula is C31H35N3O6S. The third-order valence-electron chi connectivity index (χ3n) is 6.67. The summed E-state index contributed by atoms with van der Waals surface area (Å²) in [5.74, 6) is -0.461. The number of carbonyl (C=O) groups excluding carboxylic acids is 2. The fourth-order valence-corrected chi connectivity index (χ4v) is 5.88. The van der Waals surface area contributed by atoms with Crippen LogP contribution in [0, 0.1) is 0 Å². The second kappa shape index (κ2) is 13.0. The van der Waals surface area contributed by atoms with E-state index in [2.05, 4.69) is 23.7 Å². The van der Waals surface area contributed by atoms with Gasteiger partial charge in [0.05, 0.1) is 35.1 Å². The number of carbonyl (C=O) groups is 2. The number of nitrogens with zero attached hydrogens (tertiary/aromatic N) is 3. The Kier molecular flexibility index (Phi) is 9.44. The molecular weight excluding hydrogens is 542 g/mol. The van der Waals surface area contributed by atoms with Crippen LogP contribution in [0.3, 0.4) is 0 Å². The lowest BCUT2D eigenvalue weighted by atomic mass is 9.95. The molecule has 2 heterocycles. The molecule has 10 heteroatoms. The van der Waals surface area contributed by atoms with Crippen molar-refractivity contribution in [3.05, 3.63) is 84.5 Å². The molecule has 0 fully saturated rings. The first kappa shape index (κ1) is 29.8. The molecule has 0 bridgehead atoms. The smallest absolute Gasteiger partial charge is 0.338 e. The van der Waals surface area contributed by atoms with Crippen molar-refractivity contribution in [2.45, 2.75) is 47.6 Å². The van der Waals surface area contributed by atoms with Crippen LogP contribution in [0.1, 0.15) is 58.7 Å². The second-order valence-corrected chi connectivity index (χ2v) is 10.3. The Balaban J connectivity index is 1.88. The number of aromatic nitrogens is 1. The number of hydrogen-bond acceptors (Lipinski definition) is 9. The van der Waals surface area contributed by atoms with E-state index in [0.717, 1.165) is 24.3 Å². The summed E-state index contributed by atoms with van der Waals surface area (Å²) >= 11 is 1.26. The van der Waals surface area contributed by atoms with Crippen molar-refractivity contribution >= 4 is 35.0 Å². The highest BCUT2D eigenvalue weighted by molar-refractivity contribution is 7.07. The van der Waals surface area contributed by atoms with Crippen molar-refractivity contribution in [3.8, 4) is 11.5 Å². The first-order valence-electron chi connectivity index (χ1n) is 13.7. The Morgan fingerprint density at radius 1 is 1.02 bits per heavy atom. The number of fused-ring (bicyclic) bond motifs is 1. The molecule has 1 unspecified atom stereocenters. The van der Waals surface area contributed by atoms with Gasteiger partial charge in [-0.15, -0.1) is 0 Å². The zero-order valence-electron chi connectivity index (χ0n) is 24.2. The minimum atomic E-state index is -0.817. The molecule has 0 amide bonds. The van der Waals surface area contributed by atoms with Crippen molar-refractivity contribution in [1.82, 2.24) is 4.57 Å². The van der Waals surface area contributed by atoms with E-state index in [0.29, 0.717) is 33.0 Å². The van der Waals surface area contributed by atoms with Crippen LogP contribution in [-0.2, 0) is 14.3 Å². The summed E-state index contributed by atoms with van der Waals surface area (Å²) in [6.07, 6.45) is 1.84. The van der Waals surface area contributed by atoms with Gasteiger partial charge in [-0.1, -0.05) is 29.5 Å². The van der Waals surface area contributed by atoms with Crippen LogP contribution < -0.4 is 29.3 Å². The number of thiazole rings is 1. The molecule has 0 aliphatic carbocycles. The average molecular weight is 578 g/mol. The second-order valence-electron chi connectivity index (χ2n) is 9.30. The quantitative estimate of drug-likeness (QED) is 0.266. The van der Waals surface area contributed by atoms with E-state index in [1.165, 1.54) is 22.8 Å². The van der Waals surface area contributed by atoms with Gasteiger partial charge in [-0.3, -0.25) is 14.2 Å². The fraction of sp³-hybridized carbons (Fsp3) is 0.355. The molecule has 1 aliphatic rings. The van der Waals surface area contributed by atoms with Gasteiger partial charge in [0.1, 0.15) is 0 Å². The lowest BCUT2D eigenvalue weighted by Crippen LogP contribution is -2.40. The summed E-state index contributed by atoms with van der Waals surface area (Å²) in [7, 11) is 0. The van der Waals surface area contributed by atoms with Crippen molar-refractivity contribution in [1.29, 1.82) is 0 Å². The molecule has 2 aromatic carbocycles. The van der Waals surface area contributed by atoms with Gasteiger partial charge < -0.3 is 19.1 Å². The number of benzene rings is 2. The molecule has 9 nitrogen and oxygen atoms in total. The lowest BCUT2D eigenvalue weighted by molar-refractivity contribution is -0.139. The van der Waals surface area contributed by atoms with Crippen LogP contribution in [0.15, 0.2) is 63.5 Å². The molecule has 216 valence electrons. The third kappa shape index (κ3) is 6.27. The van der Waals surface area contributed by atoms with E-state index in [9.17, 15) is 14.4 Å². The summed E-state index contributed by atoms with van der Waals surface area (Å²) in [6, 6.07) is 12.3. The van der Waals surface area contributed by atoms with Crippen LogP contribution >= 0.6 is 11.3 Å². The minimum absolute atomic E-state index is 0.172. The van der Waals surface area contributed by atoms with E-state index in [-0.39, 0.29) is 23.5 Å². The van der Waals surface area contributed by atoms with Crippen LogP contribution in [0.25, 0.3) is 6.08 Å². The Hall–Kier alpha value is -4.18. The van der Waals surface area contributed by atoms with Crippen molar-refractivity contribution < 1.29 is 23.8 Å². The highest BCUT2D eigenvalue weighted by Crippen LogP contribution is 2.36. The molecule has 1 aliphatic heterocycles. The maximum absolute atomic E-state index is 13.9. The number of allylic oxidation sites excluding steroid dienone is 1. The number of esters is 2. The van der Waals surface area contributed by atoms with Gasteiger partial charge in [-0.2, -0.15) is 0 Å². The van der Waals surface area contributed by atoms with Gasteiger partial charge in [-0.25, -0.2) is 9.79 Å². The maximum atomic E-state index is 13.9. The standard InChI is InChI=1S/C31H35N3O6S/c1-7-33(8-2)23-14-11-21(12-15-23)17-26-29(36)34-28(27(30(37)39-10-4)19(5)32-31(34)41-26)22-13-16-24(40-20(6)35)25(18-22)38-9-3/h11-18,28H,7-10H2,1-6H3/b26-17+. The molecule has 0 N–H and O–H groups in total. The summed E-state index contributed by atoms with van der Waals surface area (Å²) < 4.78 is 18.5. The van der Waals surface area contributed by atoms with Crippen LogP contribution in [0.5, 0.6) is 11.5 Å². The Labute approximate surface area is 243 Å². The summed E-state index contributed by atoms with van der Waals surface area (Å²) in [4.78, 5) is 46.1. The van der Waals surface area contributed by atoms with Gasteiger partial charge in [0.25, 0.3) is 5.56 Å². The van der Waals surface area contributed by atoms with Gasteiger partial charge in [0.2, 0.25) is 0 Å². The average Bonchev–Trinajstić information content (AvgIpc) is 3.24. The highest BCUT2D eigenvalue weighted by atomic mass is 32.1. The SMILES string of the molecule is CCOC(=O)C1=C(C)N=c2s/c(=C/c3ccc(N(CC)CC)cc3)c(=O)n2C1c1ccc(OC(C)=O)c(OCC)c1. The molecule has 0 spiro atoms. The van der Waals surface area contributed by atoms with Gasteiger partial charge in [0.15, 0.2) is 16.3 Å². The van der Waals surface area contributed by atoms with Gasteiger partial charge in [-0.05, 0) is 76.1 Å². The van der Waals surface area contributed by atoms with E-state index in [1.54, 1.807) is 32.0 Å². The summed E-state index contributed by atoms with van der Waals surface area (Å²) in [5.41, 5.74) is 3.05. The largest absolute Gasteiger partial charge is 0.490 e. The monoisotopic (exact) mass is 577 g/mol. The number of rotatable bonds is 10. The number of hydrogen-bond donors (Lipinski definition) is 0. The number of anilines is 1. The predicted octanol–water partition coefficient (Wildman–Crippen LogP) is 3.97. The van der Waals surface area contributed by atoms with Crippen LogP contribution in [0.2, 0.25) is 0 Å².